The summed E-state index contributed by atoms with van der Waals surface area (Å²) in [6.07, 6.45) is 19.4. The van der Waals surface area contributed by atoms with Crippen molar-refractivity contribution in [3.05, 3.63) is 12.2 Å². The molecule has 0 aromatic carbocycles. The minimum atomic E-state index is -0.980. The zero-order valence-corrected chi connectivity index (χ0v) is 18.6. The Bertz CT molecular complexity index is 387. The highest BCUT2D eigenvalue weighted by molar-refractivity contribution is 4.88. The van der Waals surface area contributed by atoms with Crippen LogP contribution in [0.4, 0.5) is 0 Å². The van der Waals surface area contributed by atoms with Gasteiger partial charge in [-0.05, 0) is 32.1 Å². The van der Waals surface area contributed by atoms with Gasteiger partial charge in [0.1, 0.15) is 24.4 Å². The van der Waals surface area contributed by atoms with Crippen LogP contribution >= 0.6 is 0 Å². The van der Waals surface area contributed by atoms with Gasteiger partial charge in [-0.1, -0.05) is 76.9 Å². The van der Waals surface area contributed by atoms with Gasteiger partial charge >= 0.3 is 0 Å². The highest BCUT2D eigenvalue weighted by Crippen LogP contribution is 2.20. The molecular weight excluding hydrogens is 368 g/mol. The Morgan fingerprint density at radius 3 is 1.93 bits per heavy atom. The third-order valence-electron chi connectivity index (χ3n) is 5.72. The number of hydrogen-bond acceptors (Lipinski definition) is 5. The van der Waals surface area contributed by atoms with Crippen LogP contribution in [0, 0.1) is 0 Å². The van der Waals surface area contributed by atoms with Crippen LogP contribution in [0.5, 0.6) is 0 Å². The predicted molar refractivity (Wildman–Crippen MR) is 118 cm³/mol. The van der Waals surface area contributed by atoms with Crippen LogP contribution in [-0.4, -0.2) is 59.6 Å². The first-order valence-electron chi connectivity index (χ1n) is 12.1. The third-order valence-corrected chi connectivity index (χ3v) is 5.72. The molecule has 1 fully saturated rings. The van der Waals surface area contributed by atoms with E-state index in [1.54, 1.807) is 0 Å². The highest BCUT2D eigenvalue weighted by atomic mass is 16.6. The van der Waals surface area contributed by atoms with Crippen LogP contribution in [0.1, 0.15) is 96.8 Å². The molecule has 0 bridgehead atoms. The van der Waals surface area contributed by atoms with Crippen LogP contribution in [0.3, 0.4) is 0 Å². The summed E-state index contributed by atoms with van der Waals surface area (Å²) in [6.45, 7) is 2.70. The van der Waals surface area contributed by atoms with E-state index in [-0.39, 0.29) is 13.2 Å². The Kier molecular flexibility index (Phi) is 16.8. The largest absolute Gasteiger partial charge is 0.394 e. The summed E-state index contributed by atoms with van der Waals surface area (Å²) < 4.78 is 11.0. The lowest BCUT2D eigenvalue weighted by molar-refractivity contribution is -0.101. The monoisotopic (exact) mass is 414 g/mol. The second kappa shape index (κ2) is 18.3. The minimum Gasteiger partial charge on any atom is -0.394 e. The first-order valence-corrected chi connectivity index (χ1v) is 12.1. The Hall–Kier alpha value is -0.460. The molecule has 0 unspecified atom stereocenters. The van der Waals surface area contributed by atoms with Crippen molar-refractivity contribution < 1.29 is 24.8 Å². The maximum absolute atomic E-state index is 9.83. The van der Waals surface area contributed by atoms with E-state index in [0.29, 0.717) is 6.61 Å². The lowest BCUT2D eigenvalue weighted by atomic mass is 10.1. The smallest absolute Gasteiger partial charge is 0.114 e. The molecular formula is C24H46O5. The molecule has 0 aromatic rings. The first-order chi connectivity index (χ1) is 14.2. The fourth-order valence-electron chi connectivity index (χ4n) is 3.79. The molecule has 5 heteroatoms. The van der Waals surface area contributed by atoms with E-state index < -0.39 is 24.4 Å². The van der Waals surface area contributed by atoms with Crippen molar-refractivity contribution >= 4 is 0 Å². The van der Waals surface area contributed by atoms with Gasteiger partial charge in [-0.25, -0.2) is 0 Å². The number of aliphatic hydroxyl groups excluding tert-OH is 3. The summed E-state index contributed by atoms with van der Waals surface area (Å²) in [4.78, 5) is 0. The molecule has 3 N–H and O–H groups in total. The molecule has 1 aliphatic heterocycles. The zero-order chi connectivity index (χ0) is 21.2. The third kappa shape index (κ3) is 12.7. The molecule has 1 saturated heterocycles. The molecule has 1 rings (SSSR count). The normalized spacial score (nSPS) is 23.2. The van der Waals surface area contributed by atoms with Gasteiger partial charge in [-0.3, -0.25) is 0 Å². The average Bonchev–Trinajstić information content (AvgIpc) is 3.06. The lowest BCUT2D eigenvalue weighted by Crippen LogP contribution is -2.42. The van der Waals surface area contributed by atoms with Gasteiger partial charge in [0.25, 0.3) is 0 Å². The number of hydrogen-bond donors (Lipinski definition) is 3. The van der Waals surface area contributed by atoms with Gasteiger partial charge in [0, 0.05) is 6.61 Å². The van der Waals surface area contributed by atoms with Gasteiger partial charge in [0.2, 0.25) is 0 Å². The second-order valence-electron chi connectivity index (χ2n) is 8.39. The lowest BCUT2D eigenvalue weighted by Gasteiger charge is -2.24. The first kappa shape index (κ1) is 26.6. The Morgan fingerprint density at radius 2 is 1.41 bits per heavy atom. The number of allylic oxidation sites excluding steroid dienone is 2. The SMILES string of the molecule is CCCCCCCC/C=C\CCCCCCCCO[C@H](CO)[C@H]1OC[C@H](O)[C@H]1O. The molecule has 0 saturated carbocycles. The summed E-state index contributed by atoms with van der Waals surface area (Å²) >= 11 is 0. The van der Waals surface area contributed by atoms with Crippen LogP contribution in [0.2, 0.25) is 0 Å². The van der Waals surface area contributed by atoms with E-state index in [4.69, 9.17) is 9.47 Å². The Balaban J connectivity index is 1.85. The van der Waals surface area contributed by atoms with Crippen molar-refractivity contribution in [2.75, 3.05) is 19.8 Å². The maximum Gasteiger partial charge on any atom is 0.114 e. The minimum absolute atomic E-state index is 0.0972. The molecule has 0 radical (unpaired) electrons. The summed E-state index contributed by atoms with van der Waals surface area (Å²) in [5, 5.41) is 28.8. The number of aliphatic hydroxyl groups is 3. The summed E-state index contributed by atoms with van der Waals surface area (Å²) in [5.74, 6) is 0. The van der Waals surface area contributed by atoms with Crippen molar-refractivity contribution in [3.63, 3.8) is 0 Å². The van der Waals surface area contributed by atoms with Crippen molar-refractivity contribution in [2.24, 2.45) is 0 Å². The van der Waals surface area contributed by atoms with Crippen LogP contribution < -0.4 is 0 Å². The molecule has 0 amide bonds. The molecule has 1 aliphatic rings. The molecule has 172 valence electrons. The average molecular weight is 415 g/mol. The fraction of sp³-hybridized carbons (Fsp3) is 0.917. The van der Waals surface area contributed by atoms with Gasteiger partial charge in [-0.2, -0.15) is 0 Å². The van der Waals surface area contributed by atoms with Crippen molar-refractivity contribution in [3.8, 4) is 0 Å². The standard InChI is InChI=1S/C24H46O5/c1-2-3-4-5-6-7-8-9-10-11-12-13-14-15-16-17-18-28-22(19-25)24-23(27)21(26)20-29-24/h9-10,21-27H,2-8,11-20H2,1H3/b10-9-/t21-,22+,23+,24+/m0/s1. The molecule has 29 heavy (non-hydrogen) atoms. The summed E-state index contributed by atoms with van der Waals surface area (Å²) in [5.41, 5.74) is 0. The number of rotatable bonds is 19. The van der Waals surface area contributed by atoms with E-state index in [1.807, 2.05) is 0 Å². The molecule has 0 aliphatic carbocycles. The molecule has 5 nitrogen and oxygen atoms in total. The number of unbranched alkanes of at least 4 members (excludes halogenated alkanes) is 12. The predicted octanol–water partition coefficient (Wildman–Crippen LogP) is 4.52. The van der Waals surface area contributed by atoms with Crippen LogP contribution in [-0.2, 0) is 9.47 Å². The molecule has 4 atom stereocenters. The van der Waals surface area contributed by atoms with Crippen molar-refractivity contribution in [2.45, 2.75) is 121 Å². The van der Waals surface area contributed by atoms with Crippen molar-refractivity contribution in [1.82, 2.24) is 0 Å². The van der Waals surface area contributed by atoms with Gasteiger partial charge in [0.05, 0.1) is 13.2 Å². The fourth-order valence-corrected chi connectivity index (χ4v) is 3.79. The van der Waals surface area contributed by atoms with E-state index >= 15 is 0 Å². The summed E-state index contributed by atoms with van der Waals surface area (Å²) in [6, 6.07) is 0. The van der Waals surface area contributed by atoms with E-state index in [0.717, 1.165) is 12.8 Å². The van der Waals surface area contributed by atoms with Gasteiger partial charge in [-0.15, -0.1) is 0 Å². The van der Waals surface area contributed by atoms with Crippen molar-refractivity contribution in [1.29, 1.82) is 0 Å². The van der Waals surface area contributed by atoms with Gasteiger partial charge < -0.3 is 24.8 Å². The highest BCUT2D eigenvalue weighted by Gasteiger charge is 2.40. The molecule has 1 heterocycles. The van der Waals surface area contributed by atoms with E-state index in [9.17, 15) is 15.3 Å². The summed E-state index contributed by atoms with van der Waals surface area (Å²) in [7, 11) is 0. The number of ether oxygens (including phenoxy) is 2. The Labute approximate surface area is 178 Å². The molecule has 0 aromatic heterocycles. The van der Waals surface area contributed by atoms with E-state index in [2.05, 4.69) is 19.1 Å². The zero-order valence-electron chi connectivity index (χ0n) is 18.6. The van der Waals surface area contributed by atoms with Crippen LogP contribution in [0.25, 0.3) is 0 Å². The molecule has 0 spiro atoms. The Morgan fingerprint density at radius 1 is 0.862 bits per heavy atom. The second-order valence-corrected chi connectivity index (χ2v) is 8.39. The maximum atomic E-state index is 9.83. The topological polar surface area (TPSA) is 79.2 Å². The van der Waals surface area contributed by atoms with Crippen LogP contribution in [0.15, 0.2) is 12.2 Å². The van der Waals surface area contributed by atoms with Gasteiger partial charge in [0.15, 0.2) is 0 Å². The van der Waals surface area contributed by atoms with E-state index in [1.165, 1.54) is 77.0 Å². The quantitative estimate of drug-likeness (QED) is 0.214.